The van der Waals surface area contributed by atoms with Gasteiger partial charge < -0.3 is 10.2 Å². The molecule has 0 aromatic rings. The Labute approximate surface area is 147 Å². The molecule has 22 heavy (non-hydrogen) atoms. The number of fused-ring (bicyclic) bond motifs is 1. The summed E-state index contributed by atoms with van der Waals surface area (Å²) in [5.41, 5.74) is -0.0573. The van der Waals surface area contributed by atoms with Crippen LogP contribution in [0.5, 0.6) is 0 Å². The van der Waals surface area contributed by atoms with E-state index in [4.69, 9.17) is 0 Å². The molecule has 0 spiro atoms. The predicted molar refractivity (Wildman–Crippen MR) is 95.0 cm³/mol. The average Bonchev–Trinajstić information content (AvgIpc) is 2.91. The van der Waals surface area contributed by atoms with Crippen molar-refractivity contribution in [1.82, 2.24) is 15.1 Å². The average molecular weight is 352 g/mol. The molecular formula is C16H31Cl2N3O. The zero-order chi connectivity index (χ0) is 14.2. The molecule has 2 saturated heterocycles. The molecule has 0 aromatic heterocycles. The van der Waals surface area contributed by atoms with Crippen molar-refractivity contribution in [3.63, 3.8) is 0 Å². The van der Waals surface area contributed by atoms with E-state index in [0.717, 1.165) is 45.7 Å². The van der Waals surface area contributed by atoms with Gasteiger partial charge in [0.15, 0.2) is 0 Å². The highest BCUT2D eigenvalue weighted by Gasteiger charge is 2.51. The summed E-state index contributed by atoms with van der Waals surface area (Å²) in [6, 6.07) is 0.598. The molecule has 2 aliphatic heterocycles. The summed E-state index contributed by atoms with van der Waals surface area (Å²) < 4.78 is 0. The molecule has 0 unspecified atom stereocenters. The first-order valence-corrected chi connectivity index (χ1v) is 8.37. The van der Waals surface area contributed by atoms with E-state index in [1.807, 2.05) is 0 Å². The van der Waals surface area contributed by atoms with Crippen molar-refractivity contribution in [2.45, 2.75) is 45.6 Å². The first-order chi connectivity index (χ1) is 9.63. The van der Waals surface area contributed by atoms with Gasteiger partial charge in [0.25, 0.3) is 0 Å². The van der Waals surface area contributed by atoms with E-state index in [1.54, 1.807) is 0 Å². The fraction of sp³-hybridized carbons (Fsp3) is 0.938. The van der Waals surface area contributed by atoms with Gasteiger partial charge in [-0.1, -0.05) is 12.8 Å². The van der Waals surface area contributed by atoms with Crippen LogP contribution in [0.25, 0.3) is 0 Å². The summed E-state index contributed by atoms with van der Waals surface area (Å²) in [6.45, 7) is 10.4. The Morgan fingerprint density at radius 3 is 2.45 bits per heavy atom. The van der Waals surface area contributed by atoms with Crippen LogP contribution in [-0.2, 0) is 4.79 Å². The molecule has 6 heteroatoms. The maximum absolute atomic E-state index is 13.1. The van der Waals surface area contributed by atoms with E-state index < -0.39 is 0 Å². The minimum absolute atomic E-state index is 0. The van der Waals surface area contributed by atoms with E-state index in [-0.39, 0.29) is 30.2 Å². The van der Waals surface area contributed by atoms with Crippen molar-refractivity contribution >= 4 is 30.7 Å². The van der Waals surface area contributed by atoms with Crippen LogP contribution >= 0.6 is 24.8 Å². The van der Waals surface area contributed by atoms with Gasteiger partial charge in [0, 0.05) is 38.8 Å². The van der Waals surface area contributed by atoms with Crippen molar-refractivity contribution in [1.29, 1.82) is 0 Å². The monoisotopic (exact) mass is 351 g/mol. The molecule has 3 fully saturated rings. The molecular weight excluding hydrogens is 321 g/mol. The van der Waals surface area contributed by atoms with E-state index >= 15 is 0 Å². The van der Waals surface area contributed by atoms with Crippen LogP contribution in [0.4, 0.5) is 0 Å². The van der Waals surface area contributed by atoms with Gasteiger partial charge in [-0.2, -0.15) is 0 Å². The Balaban J connectivity index is 0.00000121. The Morgan fingerprint density at radius 2 is 1.82 bits per heavy atom. The van der Waals surface area contributed by atoms with E-state index in [2.05, 4.69) is 29.0 Å². The number of rotatable bonds is 2. The van der Waals surface area contributed by atoms with Gasteiger partial charge in [0.05, 0.1) is 5.41 Å². The minimum atomic E-state index is -0.0573. The van der Waals surface area contributed by atoms with Crippen molar-refractivity contribution < 1.29 is 4.79 Å². The van der Waals surface area contributed by atoms with Crippen LogP contribution in [0, 0.1) is 11.3 Å². The highest BCUT2D eigenvalue weighted by Crippen LogP contribution is 2.45. The normalized spacial score (nSPS) is 32.1. The van der Waals surface area contributed by atoms with Gasteiger partial charge in [-0.25, -0.2) is 0 Å². The molecule has 1 aliphatic carbocycles. The van der Waals surface area contributed by atoms with E-state index in [9.17, 15) is 4.79 Å². The number of carbonyl (C=O) groups is 1. The van der Waals surface area contributed by atoms with Crippen molar-refractivity contribution in [2.75, 3.05) is 39.3 Å². The lowest BCUT2D eigenvalue weighted by atomic mass is 9.67. The number of nitrogens with zero attached hydrogens (tertiary/aromatic N) is 2. The van der Waals surface area contributed by atoms with Crippen LogP contribution in [-0.4, -0.2) is 61.0 Å². The Kier molecular flexibility index (Phi) is 7.44. The van der Waals surface area contributed by atoms with Gasteiger partial charge >= 0.3 is 0 Å². The van der Waals surface area contributed by atoms with Crippen molar-refractivity contribution in [2.24, 2.45) is 11.3 Å². The van der Waals surface area contributed by atoms with Crippen molar-refractivity contribution in [3.8, 4) is 0 Å². The topological polar surface area (TPSA) is 35.6 Å². The summed E-state index contributed by atoms with van der Waals surface area (Å²) in [5, 5.41) is 3.49. The molecule has 3 rings (SSSR count). The first kappa shape index (κ1) is 20.0. The lowest BCUT2D eigenvalue weighted by Gasteiger charge is -2.44. The molecule has 0 bridgehead atoms. The van der Waals surface area contributed by atoms with Crippen LogP contribution < -0.4 is 5.32 Å². The second-order valence-electron chi connectivity index (χ2n) is 7.15. The Bertz CT molecular complexity index is 372. The predicted octanol–water partition coefficient (Wildman–Crippen LogP) is 2.16. The highest BCUT2D eigenvalue weighted by atomic mass is 35.5. The maximum Gasteiger partial charge on any atom is 0.230 e. The number of halogens is 2. The molecule has 1 saturated carbocycles. The van der Waals surface area contributed by atoms with Gasteiger partial charge in [0.2, 0.25) is 5.91 Å². The Hall–Kier alpha value is -0.0300. The number of hydrogen-bond acceptors (Lipinski definition) is 3. The van der Waals surface area contributed by atoms with Gasteiger partial charge in [0.1, 0.15) is 0 Å². The second-order valence-corrected chi connectivity index (χ2v) is 7.15. The zero-order valence-electron chi connectivity index (χ0n) is 13.8. The third kappa shape index (κ3) is 3.55. The van der Waals surface area contributed by atoms with Crippen LogP contribution in [0.1, 0.15) is 39.5 Å². The standard InChI is InChI=1S/C16H29N3O.2ClH/c1-13(2)18-7-9-19(10-8-18)15(20)16-6-4-3-5-14(16)11-17-12-16;;/h13-14,17H,3-12H2,1-2H3;2*1H/t14-,16+;;/m0../s1. The molecule has 0 aromatic carbocycles. The van der Waals surface area contributed by atoms with Gasteiger partial charge in [-0.15, -0.1) is 24.8 Å². The molecule has 4 nitrogen and oxygen atoms in total. The molecule has 0 radical (unpaired) electrons. The summed E-state index contributed by atoms with van der Waals surface area (Å²) in [7, 11) is 0. The zero-order valence-corrected chi connectivity index (χ0v) is 15.5. The minimum Gasteiger partial charge on any atom is -0.340 e. The maximum atomic E-state index is 13.1. The largest absolute Gasteiger partial charge is 0.340 e. The number of amides is 1. The van der Waals surface area contributed by atoms with Gasteiger partial charge in [-0.3, -0.25) is 9.69 Å². The third-order valence-electron chi connectivity index (χ3n) is 5.80. The third-order valence-corrected chi connectivity index (χ3v) is 5.80. The lowest BCUT2D eigenvalue weighted by molar-refractivity contribution is -0.147. The van der Waals surface area contributed by atoms with E-state index in [1.165, 1.54) is 19.3 Å². The molecule has 3 aliphatic rings. The number of piperazine rings is 1. The number of carbonyl (C=O) groups excluding carboxylic acids is 1. The molecule has 1 amide bonds. The first-order valence-electron chi connectivity index (χ1n) is 8.37. The SMILES string of the molecule is CC(C)N1CCN(C(=O)[C@@]23CCCC[C@H]2CNC3)CC1.Cl.Cl. The lowest BCUT2D eigenvalue weighted by Crippen LogP contribution is -2.56. The summed E-state index contributed by atoms with van der Waals surface area (Å²) in [4.78, 5) is 17.7. The number of nitrogens with one attached hydrogen (secondary N) is 1. The summed E-state index contributed by atoms with van der Waals surface area (Å²) in [5.74, 6) is 1.04. The van der Waals surface area contributed by atoms with Crippen molar-refractivity contribution in [3.05, 3.63) is 0 Å². The molecule has 2 heterocycles. The fourth-order valence-electron chi connectivity index (χ4n) is 4.42. The Morgan fingerprint density at radius 1 is 1.14 bits per heavy atom. The summed E-state index contributed by atoms with van der Waals surface area (Å²) >= 11 is 0. The van der Waals surface area contributed by atoms with Crippen LogP contribution in [0.2, 0.25) is 0 Å². The molecule has 2 atom stereocenters. The van der Waals surface area contributed by atoms with Crippen LogP contribution in [0.3, 0.4) is 0 Å². The van der Waals surface area contributed by atoms with Crippen LogP contribution in [0.15, 0.2) is 0 Å². The second kappa shape index (κ2) is 8.18. The quantitative estimate of drug-likeness (QED) is 0.827. The highest BCUT2D eigenvalue weighted by molar-refractivity contribution is 5.85. The number of hydrogen-bond donors (Lipinski definition) is 1. The fourth-order valence-corrected chi connectivity index (χ4v) is 4.42. The molecule has 1 N–H and O–H groups in total. The molecule has 130 valence electrons. The van der Waals surface area contributed by atoms with E-state index in [0.29, 0.717) is 17.9 Å². The summed E-state index contributed by atoms with van der Waals surface area (Å²) in [6.07, 6.45) is 4.89. The smallest absolute Gasteiger partial charge is 0.230 e. The van der Waals surface area contributed by atoms with Gasteiger partial charge in [-0.05, 0) is 39.2 Å².